The average Bonchev–Trinajstić information content (AvgIpc) is 2.64. The summed E-state index contributed by atoms with van der Waals surface area (Å²) < 4.78 is 10.3. The Bertz CT molecular complexity index is 461. The van der Waals surface area contributed by atoms with E-state index in [1.165, 1.54) is 12.8 Å². The molecule has 27 heavy (non-hydrogen) atoms. The van der Waals surface area contributed by atoms with Crippen LogP contribution in [0.2, 0.25) is 0 Å². The highest BCUT2D eigenvalue weighted by atomic mass is 16.6. The van der Waals surface area contributed by atoms with Gasteiger partial charge in [0, 0.05) is 12.8 Å². The lowest BCUT2D eigenvalue weighted by molar-refractivity contribution is -0.146. The SMILES string of the molecule is CCCCC=CC=CC=CCCCCC(=O)CCC(=O)OCCOC(C)C. The van der Waals surface area contributed by atoms with Crippen molar-refractivity contribution >= 4 is 11.8 Å². The molecule has 0 N–H and O–H groups in total. The van der Waals surface area contributed by atoms with Gasteiger partial charge in [-0.3, -0.25) is 9.59 Å². The molecule has 0 saturated carbocycles. The Morgan fingerprint density at radius 3 is 2.11 bits per heavy atom. The number of rotatable bonds is 17. The van der Waals surface area contributed by atoms with Crippen LogP contribution in [0.25, 0.3) is 0 Å². The number of Topliss-reactive ketones (excluding diaryl/α,β-unsaturated/α-hetero) is 1. The van der Waals surface area contributed by atoms with E-state index in [1.807, 2.05) is 32.1 Å². The fourth-order valence-corrected chi connectivity index (χ4v) is 2.26. The van der Waals surface area contributed by atoms with E-state index in [-0.39, 0.29) is 37.3 Å². The first-order chi connectivity index (χ1) is 13.1. The monoisotopic (exact) mass is 378 g/mol. The Balaban J connectivity index is 3.55. The van der Waals surface area contributed by atoms with E-state index in [9.17, 15) is 9.59 Å². The van der Waals surface area contributed by atoms with E-state index < -0.39 is 0 Å². The maximum absolute atomic E-state index is 11.8. The molecule has 0 heterocycles. The Kier molecular flexibility index (Phi) is 17.9. The number of ether oxygens (including phenoxy) is 2. The molecule has 0 radical (unpaired) electrons. The third kappa shape index (κ3) is 20.5. The topological polar surface area (TPSA) is 52.6 Å². The molecule has 154 valence electrons. The molecule has 0 saturated heterocycles. The average molecular weight is 379 g/mol. The zero-order chi connectivity index (χ0) is 20.2. The van der Waals surface area contributed by atoms with Gasteiger partial charge in [0.15, 0.2) is 0 Å². The lowest BCUT2D eigenvalue weighted by Gasteiger charge is -2.08. The Hall–Kier alpha value is -1.68. The van der Waals surface area contributed by atoms with Crippen molar-refractivity contribution in [2.24, 2.45) is 0 Å². The smallest absolute Gasteiger partial charge is 0.306 e. The van der Waals surface area contributed by atoms with Gasteiger partial charge < -0.3 is 9.47 Å². The van der Waals surface area contributed by atoms with Gasteiger partial charge in [-0.15, -0.1) is 0 Å². The molecule has 0 amide bonds. The van der Waals surface area contributed by atoms with E-state index in [0.717, 1.165) is 25.7 Å². The summed E-state index contributed by atoms with van der Waals surface area (Å²) in [7, 11) is 0. The molecule has 0 bridgehead atoms. The second kappa shape index (κ2) is 19.1. The molecule has 0 spiro atoms. The molecule has 0 unspecified atom stereocenters. The number of allylic oxidation sites excluding steroid dienone is 6. The second-order valence-corrected chi connectivity index (χ2v) is 6.81. The summed E-state index contributed by atoms with van der Waals surface area (Å²) in [6.45, 7) is 6.70. The van der Waals surface area contributed by atoms with Gasteiger partial charge in [-0.25, -0.2) is 0 Å². The normalized spacial score (nSPS) is 12.0. The highest BCUT2D eigenvalue weighted by Crippen LogP contribution is 2.06. The molecule has 0 aromatic heterocycles. The van der Waals surface area contributed by atoms with E-state index in [1.54, 1.807) is 0 Å². The zero-order valence-corrected chi connectivity index (χ0v) is 17.5. The Morgan fingerprint density at radius 1 is 0.815 bits per heavy atom. The van der Waals surface area contributed by atoms with E-state index >= 15 is 0 Å². The van der Waals surface area contributed by atoms with Crippen LogP contribution in [0.1, 0.15) is 78.6 Å². The molecule has 4 heteroatoms. The van der Waals surface area contributed by atoms with Gasteiger partial charge in [-0.2, -0.15) is 0 Å². The molecule has 0 aromatic carbocycles. The number of hydrogen-bond acceptors (Lipinski definition) is 4. The van der Waals surface area contributed by atoms with Crippen LogP contribution in [0.5, 0.6) is 0 Å². The van der Waals surface area contributed by atoms with Gasteiger partial charge in [-0.1, -0.05) is 56.2 Å². The fraction of sp³-hybridized carbons (Fsp3) is 0.652. The number of carbonyl (C=O) groups excluding carboxylic acids is 2. The third-order valence-corrected chi connectivity index (χ3v) is 3.81. The summed E-state index contributed by atoms with van der Waals surface area (Å²) in [5, 5.41) is 0. The van der Waals surface area contributed by atoms with Crippen LogP contribution in [0.3, 0.4) is 0 Å². The minimum absolute atomic E-state index is 0.128. The number of hydrogen-bond donors (Lipinski definition) is 0. The molecule has 0 rings (SSSR count). The molecule has 0 aliphatic rings. The molecule has 0 aliphatic heterocycles. The van der Waals surface area contributed by atoms with Crippen LogP contribution in [-0.2, 0) is 19.1 Å². The molecule has 0 aromatic rings. The molecule has 0 aliphatic carbocycles. The quantitative estimate of drug-likeness (QED) is 0.184. The maximum Gasteiger partial charge on any atom is 0.306 e. The number of carbonyl (C=O) groups is 2. The molecule has 4 nitrogen and oxygen atoms in total. The first kappa shape index (κ1) is 25.3. The van der Waals surface area contributed by atoms with Crippen LogP contribution in [0.4, 0.5) is 0 Å². The number of unbranched alkanes of at least 4 members (excludes halogenated alkanes) is 4. The van der Waals surface area contributed by atoms with Crippen molar-refractivity contribution in [1.29, 1.82) is 0 Å². The van der Waals surface area contributed by atoms with Crippen molar-refractivity contribution in [1.82, 2.24) is 0 Å². The van der Waals surface area contributed by atoms with Crippen LogP contribution in [0.15, 0.2) is 36.5 Å². The van der Waals surface area contributed by atoms with Crippen molar-refractivity contribution in [3.8, 4) is 0 Å². The number of esters is 1. The van der Waals surface area contributed by atoms with Crippen LogP contribution >= 0.6 is 0 Å². The highest BCUT2D eigenvalue weighted by molar-refractivity contribution is 5.82. The predicted octanol–water partition coefficient (Wildman–Crippen LogP) is 5.72. The van der Waals surface area contributed by atoms with E-state index in [4.69, 9.17) is 9.47 Å². The second-order valence-electron chi connectivity index (χ2n) is 6.81. The lowest BCUT2D eigenvalue weighted by Crippen LogP contribution is -2.14. The standard InChI is InChI=1S/C23H38O4/c1-4-5-6-7-8-9-10-11-12-13-14-15-16-22(24)17-18-23(25)27-20-19-26-21(2)3/h7-12,21H,4-6,13-20H2,1-3H3. The summed E-state index contributed by atoms with van der Waals surface area (Å²) >= 11 is 0. The van der Waals surface area contributed by atoms with Crippen molar-refractivity contribution in [3.05, 3.63) is 36.5 Å². The summed E-state index contributed by atoms with van der Waals surface area (Å²) in [4.78, 5) is 23.3. The van der Waals surface area contributed by atoms with Crippen molar-refractivity contribution in [3.63, 3.8) is 0 Å². The minimum Gasteiger partial charge on any atom is -0.463 e. The largest absolute Gasteiger partial charge is 0.463 e. The van der Waals surface area contributed by atoms with Crippen LogP contribution < -0.4 is 0 Å². The number of ketones is 1. The van der Waals surface area contributed by atoms with Crippen molar-refractivity contribution in [2.45, 2.75) is 84.7 Å². The zero-order valence-electron chi connectivity index (χ0n) is 17.5. The summed E-state index contributed by atoms with van der Waals surface area (Å²) in [5.41, 5.74) is 0. The first-order valence-electron chi connectivity index (χ1n) is 10.3. The van der Waals surface area contributed by atoms with Gasteiger partial charge in [0.2, 0.25) is 0 Å². The Morgan fingerprint density at radius 2 is 1.48 bits per heavy atom. The fourth-order valence-electron chi connectivity index (χ4n) is 2.26. The summed E-state index contributed by atoms with van der Waals surface area (Å²) in [6.07, 6.45) is 20.0. The van der Waals surface area contributed by atoms with Crippen molar-refractivity contribution in [2.75, 3.05) is 13.2 Å². The third-order valence-electron chi connectivity index (χ3n) is 3.81. The van der Waals surface area contributed by atoms with E-state index in [2.05, 4.69) is 25.2 Å². The van der Waals surface area contributed by atoms with Gasteiger partial charge in [0.05, 0.1) is 19.1 Å². The predicted molar refractivity (Wildman–Crippen MR) is 112 cm³/mol. The summed E-state index contributed by atoms with van der Waals surface area (Å²) in [5.74, 6) is -0.194. The van der Waals surface area contributed by atoms with Crippen LogP contribution in [0, 0.1) is 0 Å². The lowest BCUT2D eigenvalue weighted by atomic mass is 10.1. The van der Waals surface area contributed by atoms with Gasteiger partial charge >= 0.3 is 5.97 Å². The van der Waals surface area contributed by atoms with Gasteiger partial charge in [0.25, 0.3) is 0 Å². The minimum atomic E-state index is -0.325. The van der Waals surface area contributed by atoms with Gasteiger partial charge in [0.1, 0.15) is 12.4 Å². The molecule has 0 atom stereocenters. The molecule has 0 fully saturated rings. The molecular weight excluding hydrogens is 340 g/mol. The maximum atomic E-state index is 11.8. The van der Waals surface area contributed by atoms with Crippen LogP contribution in [-0.4, -0.2) is 31.1 Å². The summed E-state index contributed by atoms with van der Waals surface area (Å²) in [6, 6.07) is 0. The molecular formula is C23H38O4. The Labute approximate surface area is 165 Å². The highest BCUT2D eigenvalue weighted by Gasteiger charge is 2.08. The first-order valence-corrected chi connectivity index (χ1v) is 10.3. The van der Waals surface area contributed by atoms with E-state index in [0.29, 0.717) is 13.0 Å². The van der Waals surface area contributed by atoms with Gasteiger partial charge in [-0.05, 0) is 39.5 Å². The van der Waals surface area contributed by atoms with Crippen molar-refractivity contribution < 1.29 is 19.1 Å².